The van der Waals surface area contributed by atoms with Crippen LogP contribution in [0.25, 0.3) is 0 Å². The van der Waals surface area contributed by atoms with Crippen LogP contribution in [0.2, 0.25) is 0 Å². The zero-order valence-electron chi connectivity index (χ0n) is 15.8. The zero-order chi connectivity index (χ0) is 20.9. The highest BCUT2D eigenvalue weighted by atomic mass is 32.2. The lowest BCUT2D eigenvalue weighted by atomic mass is 9.87. The maximum Gasteiger partial charge on any atom is 0.325 e. The van der Waals surface area contributed by atoms with Crippen LogP contribution in [0.15, 0.2) is 59.5 Å². The first-order valence-electron chi connectivity index (χ1n) is 9.10. The summed E-state index contributed by atoms with van der Waals surface area (Å²) in [5.74, 6) is -0.687. The Morgan fingerprint density at radius 1 is 1.17 bits per heavy atom. The van der Waals surface area contributed by atoms with E-state index in [-0.39, 0.29) is 5.75 Å². The van der Waals surface area contributed by atoms with Crippen molar-refractivity contribution in [3.05, 3.63) is 60.2 Å². The molecular formula is C21H20N4O3S. The van der Waals surface area contributed by atoms with Gasteiger partial charge in [-0.1, -0.05) is 49.4 Å². The molecule has 3 rings (SSSR count). The topological polar surface area (TPSA) is 102 Å². The van der Waals surface area contributed by atoms with Gasteiger partial charge in [-0.3, -0.25) is 14.5 Å². The van der Waals surface area contributed by atoms with Crippen molar-refractivity contribution in [3.8, 4) is 6.07 Å². The molecule has 4 amide bonds. The maximum atomic E-state index is 13.1. The van der Waals surface area contributed by atoms with Gasteiger partial charge in [-0.15, -0.1) is 11.8 Å². The van der Waals surface area contributed by atoms with Crippen LogP contribution in [0.3, 0.4) is 0 Å². The fourth-order valence-corrected chi connectivity index (χ4v) is 3.94. The standard InChI is InChI=1S/C21H20N4O3S/c1-2-21(15-8-4-3-5-9-15)19(27)25(20(28)24-21)14-18(26)23-16-10-6-7-11-17(16)29-13-12-22/h3-11H,2,13-14H2,1H3,(H,23,26)(H,24,28). The van der Waals surface area contributed by atoms with E-state index >= 15 is 0 Å². The summed E-state index contributed by atoms with van der Waals surface area (Å²) in [5.41, 5.74) is 0.0516. The predicted molar refractivity (Wildman–Crippen MR) is 110 cm³/mol. The van der Waals surface area contributed by atoms with Crippen LogP contribution in [-0.4, -0.2) is 35.0 Å². The van der Waals surface area contributed by atoms with Gasteiger partial charge < -0.3 is 10.6 Å². The zero-order valence-corrected chi connectivity index (χ0v) is 16.7. The molecule has 0 saturated carbocycles. The molecule has 1 heterocycles. The Kier molecular flexibility index (Phi) is 6.20. The number of nitrogens with zero attached hydrogens (tertiary/aromatic N) is 2. The number of nitriles is 1. The molecule has 1 unspecified atom stereocenters. The number of hydrogen-bond donors (Lipinski definition) is 2. The van der Waals surface area contributed by atoms with Crippen LogP contribution in [0.1, 0.15) is 18.9 Å². The second-order valence-corrected chi connectivity index (χ2v) is 7.45. The Morgan fingerprint density at radius 2 is 1.86 bits per heavy atom. The highest BCUT2D eigenvalue weighted by Gasteiger charge is 2.51. The third-order valence-corrected chi connectivity index (χ3v) is 5.67. The number of anilines is 1. The smallest absolute Gasteiger partial charge is 0.324 e. The quantitative estimate of drug-likeness (QED) is 0.541. The van der Waals surface area contributed by atoms with E-state index in [2.05, 4.69) is 10.6 Å². The van der Waals surface area contributed by atoms with Crippen LogP contribution in [0.4, 0.5) is 10.5 Å². The van der Waals surface area contributed by atoms with E-state index in [0.29, 0.717) is 17.7 Å². The van der Waals surface area contributed by atoms with Crippen molar-refractivity contribution < 1.29 is 14.4 Å². The van der Waals surface area contributed by atoms with Crippen molar-refractivity contribution in [2.45, 2.75) is 23.8 Å². The molecule has 29 heavy (non-hydrogen) atoms. The number of thioether (sulfide) groups is 1. The molecule has 148 valence electrons. The fraction of sp³-hybridized carbons (Fsp3) is 0.238. The third-order valence-electron chi connectivity index (χ3n) is 4.73. The van der Waals surface area contributed by atoms with E-state index < -0.39 is 29.9 Å². The molecule has 1 aliphatic rings. The van der Waals surface area contributed by atoms with Gasteiger partial charge in [-0.05, 0) is 24.1 Å². The van der Waals surface area contributed by atoms with E-state index in [4.69, 9.17) is 5.26 Å². The summed E-state index contributed by atoms with van der Waals surface area (Å²) in [5, 5.41) is 14.3. The monoisotopic (exact) mass is 408 g/mol. The van der Waals surface area contributed by atoms with Crippen molar-refractivity contribution in [2.24, 2.45) is 0 Å². The Bertz CT molecular complexity index is 973. The minimum atomic E-state index is -1.17. The first kappa shape index (κ1) is 20.4. The predicted octanol–water partition coefficient (Wildman–Crippen LogP) is 3.10. The van der Waals surface area contributed by atoms with Crippen molar-refractivity contribution in [1.82, 2.24) is 10.2 Å². The van der Waals surface area contributed by atoms with Gasteiger partial charge in [0.1, 0.15) is 12.1 Å². The maximum absolute atomic E-state index is 13.1. The first-order chi connectivity index (χ1) is 14.0. The lowest BCUT2D eigenvalue weighted by Gasteiger charge is -2.25. The number of carbonyl (C=O) groups excluding carboxylic acids is 3. The molecule has 1 fully saturated rings. The van der Waals surface area contributed by atoms with Crippen LogP contribution in [-0.2, 0) is 15.1 Å². The van der Waals surface area contributed by atoms with E-state index in [9.17, 15) is 14.4 Å². The minimum absolute atomic E-state index is 0.246. The molecule has 0 aromatic heterocycles. The van der Waals surface area contributed by atoms with Crippen molar-refractivity contribution in [2.75, 3.05) is 17.6 Å². The van der Waals surface area contributed by atoms with Gasteiger partial charge in [-0.2, -0.15) is 5.26 Å². The van der Waals surface area contributed by atoms with Gasteiger partial charge in [0.15, 0.2) is 0 Å². The van der Waals surface area contributed by atoms with Gasteiger partial charge in [0.25, 0.3) is 5.91 Å². The summed E-state index contributed by atoms with van der Waals surface area (Å²) >= 11 is 1.30. The second kappa shape index (κ2) is 8.80. The molecule has 7 nitrogen and oxygen atoms in total. The van der Waals surface area contributed by atoms with Crippen molar-refractivity contribution in [1.29, 1.82) is 5.26 Å². The SMILES string of the molecule is CCC1(c2ccccc2)NC(=O)N(CC(=O)Nc2ccccc2SCC#N)C1=O. The lowest BCUT2D eigenvalue weighted by molar-refractivity contribution is -0.134. The fourth-order valence-electron chi connectivity index (χ4n) is 3.27. The lowest BCUT2D eigenvalue weighted by Crippen LogP contribution is -2.44. The van der Waals surface area contributed by atoms with E-state index in [0.717, 1.165) is 9.80 Å². The highest BCUT2D eigenvalue weighted by Crippen LogP contribution is 2.32. The minimum Gasteiger partial charge on any atom is -0.324 e. The highest BCUT2D eigenvalue weighted by molar-refractivity contribution is 7.99. The first-order valence-corrected chi connectivity index (χ1v) is 10.1. The Morgan fingerprint density at radius 3 is 2.55 bits per heavy atom. The molecule has 0 radical (unpaired) electrons. The van der Waals surface area contributed by atoms with Gasteiger partial charge in [0, 0.05) is 4.90 Å². The normalized spacial score (nSPS) is 18.3. The average Bonchev–Trinajstić information content (AvgIpc) is 2.99. The van der Waals surface area contributed by atoms with Gasteiger partial charge in [0.2, 0.25) is 5.91 Å². The van der Waals surface area contributed by atoms with E-state index in [1.807, 2.05) is 25.1 Å². The third kappa shape index (κ3) is 4.10. The number of carbonyl (C=O) groups is 3. The molecule has 1 aliphatic heterocycles. The van der Waals surface area contributed by atoms with Gasteiger partial charge in [0.05, 0.1) is 17.5 Å². The molecule has 0 bridgehead atoms. The van der Waals surface area contributed by atoms with Crippen LogP contribution >= 0.6 is 11.8 Å². The number of para-hydroxylation sites is 1. The number of urea groups is 1. The second-order valence-electron chi connectivity index (χ2n) is 6.44. The number of nitrogens with one attached hydrogen (secondary N) is 2. The molecule has 2 N–H and O–H groups in total. The molecule has 8 heteroatoms. The summed E-state index contributed by atoms with van der Waals surface area (Å²) in [6, 6.07) is 17.5. The molecular weight excluding hydrogens is 388 g/mol. The molecule has 0 aliphatic carbocycles. The molecule has 2 aromatic rings. The Balaban J connectivity index is 1.76. The van der Waals surface area contributed by atoms with E-state index in [1.165, 1.54) is 11.8 Å². The number of amides is 4. The number of rotatable bonds is 7. The summed E-state index contributed by atoms with van der Waals surface area (Å²) in [6.07, 6.45) is 0.368. The largest absolute Gasteiger partial charge is 0.325 e. The summed E-state index contributed by atoms with van der Waals surface area (Å²) in [4.78, 5) is 39.8. The molecule has 1 atom stereocenters. The number of benzene rings is 2. The van der Waals surface area contributed by atoms with Crippen LogP contribution in [0.5, 0.6) is 0 Å². The van der Waals surface area contributed by atoms with Crippen molar-refractivity contribution >= 4 is 35.3 Å². The van der Waals surface area contributed by atoms with Crippen LogP contribution in [0, 0.1) is 11.3 Å². The number of hydrogen-bond acceptors (Lipinski definition) is 5. The van der Waals surface area contributed by atoms with Gasteiger partial charge >= 0.3 is 6.03 Å². The Labute approximate surface area is 173 Å². The van der Waals surface area contributed by atoms with Gasteiger partial charge in [-0.25, -0.2) is 4.79 Å². The van der Waals surface area contributed by atoms with Crippen molar-refractivity contribution in [3.63, 3.8) is 0 Å². The summed E-state index contributed by atoms with van der Waals surface area (Å²) in [6.45, 7) is 1.42. The summed E-state index contributed by atoms with van der Waals surface area (Å²) in [7, 11) is 0. The Hall–Kier alpha value is -3.31. The average molecular weight is 408 g/mol. The molecule has 0 spiro atoms. The number of imide groups is 1. The summed E-state index contributed by atoms with van der Waals surface area (Å²) < 4.78 is 0. The molecule has 1 saturated heterocycles. The van der Waals surface area contributed by atoms with E-state index in [1.54, 1.807) is 42.5 Å². The van der Waals surface area contributed by atoms with Crippen LogP contribution < -0.4 is 10.6 Å². The molecule has 2 aromatic carbocycles.